The molecule has 0 radical (unpaired) electrons. The van der Waals surface area contributed by atoms with E-state index in [1.54, 1.807) is 12.1 Å². The van der Waals surface area contributed by atoms with Crippen LogP contribution in [0.15, 0.2) is 22.7 Å². The summed E-state index contributed by atoms with van der Waals surface area (Å²) < 4.78 is 14.4. The second-order valence-electron chi connectivity index (χ2n) is 4.24. The Kier molecular flexibility index (Phi) is 4.93. The van der Waals surface area contributed by atoms with Crippen molar-refractivity contribution in [2.45, 2.75) is 45.1 Å². The van der Waals surface area contributed by atoms with Gasteiger partial charge in [0.25, 0.3) is 0 Å². The first kappa shape index (κ1) is 13.7. The Morgan fingerprint density at radius 1 is 1.38 bits per heavy atom. The molecular formula is C13H18BrFO. The molecule has 16 heavy (non-hydrogen) atoms. The van der Waals surface area contributed by atoms with Crippen molar-refractivity contribution in [1.82, 2.24) is 0 Å². The monoisotopic (exact) mass is 288 g/mol. The van der Waals surface area contributed by atoms with Gasteiger partial charge in [-0.3, -0.25) is 0 Å². The Morgan fingerprint density at radius 2 is 2.06 bits per heavy atom. The molecule has 90 valence electrons. The molecule has 0 amide bonds. The standard InChI is InChI=1S/C13H18BrFO/c1-3-7-13(16,4-2)9-10-8-11(14)5-6-12(10)15/h5-6,8,16H,3-4,7,9H2,1-2H3. The fraction of sp³-hybridized carbons (Fsp3) is 0.538. The molecule has 0 saturated carbocycles. The molecule has 0 aromatic heterocycles. The average molecular weight is 289 g/mol. The van der Waals surface area contributed by atoms with E-state index in [0.717, 1.165) is 10.9 Å². The predicted octanol–water partition coefficient (Wildman–Crippen LogP) is 4.07. The molecule has 1 aromatic rings. The number of aliphatic hydroxyl groups is 1. The highest BCUT2D eigenvalue weighted by molar-refractivity contribution is 9.10. The molecular weight excluding hydrogens is 271 g/mol. The van der Waals surface area contributed by atoms with Gasteiger partial charge in [0.05, 0.1) is 5.60 Å². The van der Waals surface area contributed by atoms with Crippen molar-refractivity contribution in [2.75, 3.05) is 0 Å². The Labute approximate surface area is 105 Å². The normalized spacial score (nSPS) is 14.8. The van der Waals surface area contributed by atoms with Crippen LogP contribution in [0.4, 0.5) is 4.39 Å². The third kappa shape index (κ3) is 3.56. The quantitative estimate of drug-likeness (QED) is 0.866. The molecule has 0 spiro atoms. The van der Waals surface area contributed by atoms with E-state index in [0.29, 0.717) is 24.8 Å². The van der Waals surface area contributed by atoms with Crippen molar-refractivity contribution in [3.8, 4) is 0 Å². The minimum atomic E-state index is -0.781. The summed E-state index contributed by atoms with van der Waals surface area (Å²) in [6.45, 7) is 3.96. The Morgan fingerprint density at radius 3 is 2.62 bits per heavy atom. The van der Waals surface area contributed by atoms with Gasteiger partial charge in [-0.1, -0.05) is 36.2 Å². The van der Waals surface area contributed by atoms with Crippen molar-refractivity contribution in [2.24, 2.45) is 0 Å². The summed E-state index contributed by atoms with van der Waals surface area (Å²) in [6, 6.07) is 4.84. The van der Waals surface area contributed by atoms with Crippen LogP contribution in [0.2, 0.25) is 0 Å². The average Bonchev–Trinajstić information content (AvgIpc) is 2.24. The largest absolute Gasteiger partial charge is 0.390 e. The van der Waals surface area contributed by atoms with Gasteiger partial charge in [-0.05, 0) is 36.6 Å². The molecule has 1 nitrogen and oxygen atoms in total. The van der Waals surface area contributed by atoms with Gasteiger partial charge in [0, 0.05) is 10.9 Å². The summed E-state index contributed by atoms with van der Waals surface area (Å²) in [4.78, 5) is 0. The van der Waals surface area contributed by atoms with Crippen LogP contribution < -0.4 is 0 Å². The van der Waals surface area contributed by atoms with E-state index in [1.807, 2.05) is 13.8 Å². The maximum Gasteiger partial charge on any atom is 0.126 e. The predicted molar refractivity (Wildman–Crippen MR) is 68.0 cm³/mol. The van der Waals surface area contributed by atoms with E-state index < -0.39 is 5.60 Å². The summed E-state index contributed by atoms with van der Waals surface area (Å²) in [5.41, 5.74) is -0.205. The van der Waals surface area contributed by atoms with Crippen LogP contribution in [-0.4, -0.2) is 10.7 Å². The van der Waals surface area contributed by atoms with Crippen molar-refractivity contribution in [1.29, 1.82) is 0 Å². The lowest BCUT2D eigenvalue weighted by Gasteiger charge is -2.26. The van der Waals surface area contributed by atoms with Crippen LogP contribution >= 0.6 is 15.9 Å². The van der Waals surface area contributed by atoms with E-state index in [1.165, 1.54) is 6.07 Å². The van der Waals surface area contributed by atoms with E-state index >= 15 is 0 Å². The number of halogens is 2. The van der Waals surface area contributed by atoms with Crippen LogP contribution in [0.25, 0.3) is 0 Å². The van der Waals surface area contributed by atoms with Gasteiger partial charge in [0.2, 0.25) is 0 Å². The molecule has 0 saturated heterocycles. The maximum absolute atomic E-state index is 13.5. The van der Waals surface area contributed by atoms with Crippen molar-refractivity contribution in [3.05, 3.63) is 34.1 Å². The number of benzene rings is 1. The fourth-order valence-corrected chi connectivity index (χ4v) is 2.30. The molecule has 0 aliphatic heterocycles. The van der Waals surface area contributed by atoms with E-state index in [9.17, 15) is 9.50 Å². The molecule has 0 heterocycles. The Balaban J connectivity index is 2.89. The maximum atomic E-state index is 13.5. The second kappa shape index (κ2) is 5.78. The fourth-order valence-electron chi connectivity index (χ4n) is 1.89. The van der Waals surface area contributed by atoms with Gasteiger partial charge in [0.1, 0.15) is 5.82 Å². The van der Waals surface area contributed by atoms with Gasteiger partial charge in [-0.25, -0.2) is 4.39 Å². The summed E-state index contributed by atoms with van der Waals surface area (Å²) in [5.74, 6) is -0.244. The van der Waals surface area contributed by atoms with Crippen molar-refractivity contribution < 1.29 is 9.50 Å². The molecule has 1 N–H and O–H groups in total. The van der Waals surface area contributed by atoms with Gasteiger partial charge < -0.3 is 5.11 Å². The highest BCUT2D eigenvalue weighted by atomic mass is 79.9. The smallest absolute Gasteiger partial charge is 0.126 e. The lowest BCUT2D eigenvalue weighted by atomic mass is 9.88. The minimum Gasteiger partial charge on any atom is -0.390 e. The molecule has 1 atom stereocenters. The summed E-state index contributed by atoms with van der Waals surface area (Å²) >= 11 is 3.32. The zero-order valence-corrected chi connectivity index (χ0v) is 11.3. The van der Waals surface area contributed by atoms with Crippen LogP contribution in [-0.2, 0) is 6.42 Å². The zero-order valence-electron chi connectivity index (χ0n) is 9.76. The number of hydrogen-bond donors (Lipinski definition) is 1. The molecule has 0 aliphatic rings. The topological polar surface area (TPSA) is 20.2 Å². The lowest BCUT2D eigenvalue weighted by Crippen LogP contribution is -2.30. The lowest BCUT2D eigenvalue weighted by molar-refractivity contribution is 0.0263. The van der Waals surface area contributed by atoms with Crippen LogP contribution in [0, 0.1) is 5.82 Å². The first-order valence-electron chi connectivity index (χ1n) is 5.67. The van der Waals surface area contributed by atoms with Crippen LogP contribution in [0.5, 0.6) is 0 Å². The van der Waals surface area contributed by atoms with E-state index in [2.05, 4.69) is 15.9 Å². The first-order chi connectivity index (χ1) is 7.50. The third-order valence-electron chi connectivity index (χ3n) is 2.90. The SMILES string of the molecule is CCCC(O)(CC)Cc1cc(Br)ccc1F. The van der Waals surface area contributed by atoms with E-state index in [-0.39, 0.29) is 5.82 Å². The number of rotatable bonds is 5. The zero-order chi connectivity index (χ0) is 12.2. The molecule has 1 rings (SSSR count). The van der Waals surface area contributed by atoms with Gasteiger partial charge >= 0.3 is 0 Å². The minimum absolute atomic E-state index is 0.244. The Hall–Kier alpha value is -0.410. The number of hydrogen-bond acceptors (Lipinski definition) is 1. The molecule has 1 aromatic carbocycles. The van der Waals surface area contributed by atoms with Crippen LogP contribution in [0.3, 0.4) is 0 Å². The molecule has 1 unspecified atom stereocenters. The third-order valence-corrected chi connectivity index (χ3v) is 3.39. The molecule has 0 aliphatic carbocycles. The van der Waals surface area contributed by atoms with Crippen molar-refractivity contribution >= 4 is 15.9 Å². The highest BCUT2D eigenvalue weighted by Crippen LogP contribution is 2.25. The first-order valence-corrected chi connectivity index (χ1v) is 6.46. The van der Waals surface area contributed by atoms with Crippen LogP contribution in [0.1, 0.15) is 38.7 Å². The second-order valence-corrected chi connectivity index (χ2v) is 5.16. The van der Waals surface area contributed by atoms with Gasteiger partial charge in [-0.15, -0.1) is 0 Å². The summed E-state index contributed by atoms with van der Waals surface area (Å²) in [5, 5.41) is 10.3. The summed E-state index contributed by atoms with van der Waals surface area (Å²) in [7, 11) is 0. The molecule has 3 heteroatoms. The molecule has 0 bridgehead atoms. The highest BCUT2D eigenvalue weighted by Gasteiger charge is 2.25. The summed E-state index contributed by atoms with van der Waals surface area (Å²) in [6.07, 6.45) is 2.63. The van der Waals surface area contributed by atoms with Gasteiger partial charge in [-0.2, -0.15) is 0 Å². The van der Waals surface area contributed by atoms with Crippen molar-refractivity contribution in [3.63, 3.8) is 0 Å². The van der Waals surface area contributed by atoms with E-state index in [4.69, 9.17) is 0 Å². The van der Waals surface area contributed by atoms with Gasteiger partial charge in [0.15, 0.2) is 0 Å². The molecule has 0 fully saturated rings. The Bertz CT molecular complexity index is 354.